The monoisotopic (exact) mass is 221 g/mol. The summed E-state index contributed by atoms with van der Waals surface area (Å²) in [7, 11) is 0. The minimum atomic E-state index is -1.05. The second-order valence-electron chi connectivity index (χ2n) is 4.16. The Bertz CT molecular complexity index is 414. The van der Waals surface area contributed by atoms with Crippen molar-refractivity contribution in [2.24, 2.45) is 5.73 Å². The largest absolute Gasteiger partial charge is 0.336 e. The molecule has 0 aliphatic carbocycles. The predicted octanol–water partition coefficient (Wildman–Crippen LogP) is 1.75. The van der Waals surface area contributed by atoms with Crippen molar-refractivity contribution >= 4 is 5.78 Å². The summed E-state index contributed by atoms with van der Waals surface area (Å²) in [6.07, 6.45) is -0.147. The molecule has 0 aromatic heterocycles. The molecule has 0 amide bonds. The van der Waals surface area contributed by atoms with Crippen molar-refractivity contribution in [2.75, 3.05) is 0 Å². The fraction of sp³-hybridized carbons (Fsp3) is 0.417. The Labute approximate surface area is 94.3 Å². The number of rotatable bonds is 3. The quantitative estimate of drug-likeness (QED) is 0.790. The van der Waals surface area contributed by atoms with E-state index >= 15 is 0 Å². The third-order valence-electron chi connectivity index (χ3n) is 2.90. The average Bonchev–Trinajstić information content (AvgIpc) is 2.72. The van der Waals surface area contributed by atoms with E-state index in [1.54, 1.807) is 19.9 Å². The van der Waals surface area contributed by atoms with E-state index in [1.165, 1.54) is 0 Å². The third-order valence-corrected chi connectivity index (χ3v) is 2.90. The number of carbonyl (C=O) groups excluding carboxylic acids is 1. The summed E-state index contributed by atoms with van der Waals surface area (Å²) in [5, 5.41) is 0. The zero-order valence-electron chi connectivity index (χ0n) is 9.40. The van der Waals surface area contributed by atoms with Gasteiger partial charge in [0.15, 0.2) is 17.6 Å². The number of ketones is 1. The average molecular weight is 221 g/mol. The second kappa shape index (κ2) is 3.88. The van der Waals surface area contributed by atoms with Gasteiger partial charge >= 0.3 is 0 Å². The van der Waals surface area contributed by atoms with Crippen LogP contribution in [0.2, 0.25) is 0 Å². The fourth-order valence-corrected chi connectivity index (χ4v) is 1.87. The van der Waals surface area contributed by atoms with Crippen LogP contribution in [0.5, 0.6) is 5.75 Å². The molecule has 2 rings (SSSR count). The van der Waals surface area contributed by atoms with Crippen molar-refractivity contribution < 1.29 is 14.6 Å². The lowest BCUT2D eigenvalue weighted by Crippen LogP contribution is -2.50. The van der Waals surface area contributed by atoms with Crippen molar-refractivity contribution in [2.45, 2.75) is 31.9 Å². The van der Waals surface area contributed by atoms with Gasteiger partial charge in [-0.2, -0.15) is 4.89 Å². The molecule has 1 aliphatic heterocycles. The maximum Gasteiger partial charge on any atom is 0.171 e. The van der Waals surface area contributed by atoms with Gasteiger partial charge in [-0.05, 0) is 13.0 Å². The lowest BCUT2D eigenvalue weighted by molar-refractivity contribution is -0.237. The number of hydrogen-bond donors (Lipinski definition) is 1. The third kappa shape index (κ3) is 1.60. The number of carbonyl (C=O) groups is 1. The first-order valence-corrected chi connectivity index (χ1v) is 5.31. The number of nitrogens with two attached hydrogens (primary N) is 1. The van der Waals surface area contributed by atoms with E-state index in [0.717, 1.165) is 5.56 Å². The summed E-state index contributed by atoms with van der Waals surface area (Å²) in [6.45, 7) is 3.46. The molecule has 1 aliphatic rings. The summed E-state index contributed by atoms with van der Waals surface area (Å²) < 4.78 is 0. The van der Waals surface area contributed by atoms with Crippen LogP contribution in [0.4, 0.5) is 0 Å². The highest BCUT2D eigenvalue weighted by Crippen LogP contribution is 2.40. The lowest BCUT2D eigenvalue weighted by Gasteiger charge is -2.26. The van der Waals surface area contributed by atoms with Crippen molar-refractivity contribution in [3.63, 3.8) is 0 Å². The smallest absolute Gasteiger partial charge is 0.171 e. The second-order valence-corrected chi connectivity index (χ2v) is 4.16. The molecule has 0 saturated heterocycles. The first-order valence-electron chi connectivity index (χ1n) is 5.31. The lowest BCUT2D eigenvalue weighted by atomic mass is 9.85. The molecule has 0 spiro atoms. The maximum absolute atomic E-state index is 11.8. The molecule has 2 unspecified atom stereocenters. The molecule has 1 aromatic carbocycles. The van der Waals surface area contributed by atoms with Gasteiger partial charge in [0, 0.05) is 12.0 Å². The highest BCUT2D eigenvalue weighted by molar-refractivity contribution is 5.88. The number of fused-ring (bicyclic) bond motifs is 1. The van der Waals surface area contributed by atoms with Gasteiger partial charge in [-0.3, -0.25) is 4.79 Å². The summed E-state index contributed by atoms with van der Waals surface area (Å²) >= 11 is 0. The standard InChI is InChI=1S/C12H15NO3/c1-3-10(14)12(2,13)11-8-6-4-5-7-9(8)15-16-11/h4-7,11H,3,13H2,1-2H3. The molecule has 0 fully saturated rings. The first kappa shape index (κ1) is 11.1. The summed E-state index contributed by atoms with van der Waals surface area (Å²) in [4.78, 5) is 22.0. The molecule has 86 valence electrons. The minimum Gasteiger partial charge on any atom is -0.336 e. The Kier molecular flexibility index (Phi) is 2.69. The molecule has 4 heteroatoms. The van der Waals surface area contributed by atoms with Gasteiger partial charge in [0.05, 0.1) is 0 Å². The Morgan fingerprint density at radius 3 is 2.88 bits per heavy atom. The Balaban J connectivity index is 2.35. The van der Waals surface area contributed by atoms with Gasteiger partial charge < -0.3 is 10.6 Å². The van der Waals surface area contributed by atoms with Crippen LogP contribution in [-0.2, 0) is 9.68 Å². The first-order chi connectivity index (χ1) is 7.57. The molecule has 4 nitrogen and oxygen atoms in total. The van der Waals surface area contributed by atoms with E-state index in [4.69, 9.17) is 15.5 Å². The number of hydrogen-bond acceptors (Lipinski definition) is 4. The number of para-hydroxylation sites is 1. The van der Waals surface area contributed by atoms with Gasteiger partial charge in [-0.15, -0.1) is 0 Å². The van der Waals surface area contributed by atoms with Gasteiger partial charge in [0.25, 0.3) is 0 Å². The van der Waals surface area contributed by atoms with Gasteiger partial charge in [-0.1, -0.05) is 25.1 Å². The van der Waals surface area contributed by atoms with E-state index in [2.05, 4.69) is 0 Å². The zero-order chi connectivity index (χ0) is 11.8. The van der Waals surface area contributed by atoms with Crippen molar-refractivity contribution in [1.82, 2.24) is 0 Å². The Hall–Kier alpha value is -1.39. The number of Topliss-reactive ketones (excluding diaryl/α,β-unsaturated/α-hetero) is 1. The summed E-state index contributed by atoms with van der Waals surface area (Å²) in [5.74, 6) is 0.589. The predicted molar refractivity (Wildman–Crippen MR) is 58.8 cm³/mol. The molecule has 16 heavy (non-hydrogen) atoms. The molecule has 2 N–H and O–H groups in total. The minimum absolute atomic E-state index is 0.0437. The van der Waals surface area contributed by atoms with Crippen LogP contribution in [0.1, 0.15) is 31.9 Å². The molecule has 0 radical (unpaired) electrons. The zero-order valence-corrected chi connectivity index (χ0v) is 9.40. The topological polar surface area (TPSA) is 61.6 Å². The van der Waals surface area contributed by atoms with Gasteiger partial charge in [0.2, 0.25) is 0 Å². The molecule has 2 atom stereocenters. The van der Waals surface area contributed by atoms with Crippen LogP contribution in [-0.4, -0.2) is 11.3 Å². The van der Waals surface area contributed by atoms with Crippen LogP contribution < -0.4 is 10.6 Å². The molecule has 1 heterocycles. The highest BCUT2D eigenvalue weighted by Gasteiger charge is 2.44. The summed E-state index contributed by atoms with van der Waals surface area (Å²) in [6, 6.07) is 7.37. The van der Waals surface area contributed by atoms with E-state index < -0.39 is 11.6 Å². The summed E-state index contributed by atoms with van der Waals surface area (Å²) in [5.41, 5.74) is 5.81. The van der Waals surface area contributed by atoms with Crippen LogP contribution in [0.15, 0.2) is 24.3 Å². The van der Waals surface area contributed by atoms with Gasteiger partial charge in [0.1, 0.15) is 5.54 Å². The van der Waals surface area contributed by atoms with Crippen LogP contribution in [0.25, 0.3) is 0 Å². The molecule has 1 aromatic rings. The fourth-order valence-electron chi connectivity index (χ4n) is 1.87. The van der Waals surface area contributed by atoms with Crippen molar-refractivity contribution in [1.29, 1.82) is 0 Å². The van der Waals surface area contributed by atoms with E-state index in [1.807, 2.05) is 18.2 Å². The van der Waals surface area contributed by atoms with E-state index in [-0.39, 0.29) is 5.78 Å². The maximum atomic E-state index is 11.8. The molecular formula is C12H15NO3. The van der Waals surface area contributed by atoms with E-state index in [0.29, 0.717) is 12.2 Å². The van der Waals surface area contributed by atoms with Crippen molar-refractivity contribution in [3.8, 4) is 5.75 Å². The number of benzene rings is 1. The highest BCUT2D eigenvalue weighted by atomic mass is 17.2. The van der Waals surface area contributed by atoms with Crippen LogP contribution in [0.3, 0.4) is 0 Å². The van der Waals surface area contributed by atoms with Crippen LogP contribution in [0, 0.1) is 0 Å². The van der Waals surface area contributed by atoms with Crippen LogP contribution >= 0.6 is 0 Å². The normalized spacial score (nSPS) is 22.1. The van der Waals surface area contributed by atoms with E-state index in [9.17, 15) is 4.79 Å². The Morgan fingerprint density at radius 1 is 1.50 bits per heavy atom. The SMILES string of the molecule is CCC(=O)C(C)(N)C1OOc2ccccc21. The molecule has 0 bridgehead atoms. The van der Waals surface area contributed by atoms with Crippen molar-refractivity contribution in [3.05, 3.63) is 29.8 Å². The van der Waals surface area contributed by atoms with Gasteiger partial charge in [-0.25, -0.2) is 0 Å². The molecular weight excluding hydrogens is 206 g/mol. The molecule has 0 saturated carbocycles. The Morgan fingerprint density at radius 2 is 2.19 bits per heavy atom.